The van der Waals surface area contributed by atoms with Crippen molar-refractivity contribution >= 4 is 11.3 Å². The molecule has 108 valence electrons. The zero-order valence-electron chi connectivity index (χ0n) is 12.6. The third kappa shape index (κ3) is 3.41. The molecule has 0 bridgehead atoms. The lowest BCUT2D eigenvalue weighted by molar-refractivity contribution is 0.238. The minimum absolute atomic E-state index is 0.182. The first-order valence-corrected chi connectivity index (χ1v) is 8.09. The van der Waals surface area contributed by atoms with Gasteiger partial charge in [0.15, 0.2) is 0 Å². The summed E-state index contributed by atoms with van der Waals surface area (Å²) in [5, 5.41) is 8.01. The van der Waals surface area contributed by atoms with Crippen molar-refractivity contribution in [2.75, 3.05) is 6.54 Å². The lowest BCUT2D eigenvalue weighted by atomic mass is 9.97. The topological polar surface area (TPSA) is 21.3 Å². The number of thiophene rings is 1. The Morgan fingerprint density at radius 1 is 1.15 bits per heavy atom. The largest absolute Gasteiger partial charge is 0.491 e. The maximum Gasteiger partial charge on any atom is 0.124 e. The molecular formula is C17H23NOS. The first-order valence-electron chi connectivity index (χ1n) is 7.15. The highest BCUT2D eigenvalue weighted by molar-refractivity contribution is 7.08. The Labute approximate surface area is 125 Å². The van der Waals surface area contributed by atoms with Crippen LogP contribution in [0.25, 0.3) is 0 Å². The Hall–Kier alpha value is -1.32. The van der Waals surface area contributed by atoms with E-state index in [0.29, 0.717) is 0 Å². The van der Waals surface area contributed by atoms with E-state index < -0.39 is 0 Å². The molecule has 0 saturated heterocycles. The van der Waals surface area contributed by atoms with E-state index in [1.54, 1.807) is 11.3 Å². The van der Waals surface area contributed by atoms with Crippen molar-refractivity contribution in [2.24, 2.45) is 0 Å². The van der Waals surface area contributed by atoms with Gasteiger partial charge in [0.25, 0.3) is 0 Å². The fraction of sp³-hybridized carbons (Fsp3) is 0.412. The van der Waals surface area contributed by atoms with E-state index >= 15 is 0 Å². The van der Waals surface area contributed by atoms with E-state index in [4.69, 9.17) is 4.74 Å². The predicted molar refractivity (Wildman–Crippen MR) is 86.8 cm³/mol. The molecule has 1 aromatic heterocycles. The molecule has 0 aliphatic carbocycles. The van der Waals surface area contributed by atoms with Crippen LogP contribution in [-0.4, -0.2) is 12.6 Å². The van der Waals surface area contributed by atoms with Crippen LogP contribution in [0.3, 0.4) is 0 Å². The van der Waals surface area contributed by atoms with Crippen LogP contribution in [0.5, 0.6) is 5.75 Å². The van der Waals surface area contributed by atoms with Gasteiger partial charge in [0.05, 0.1) is 12.1 Å². The minimum atomic E-state index is 0.182. The number of rotatable bonds is 6. The maximum atomic E-state index is 5.97. The average Bonchev–Trinajstić information content (AvgIpc) is 2.82. The minimum Gasteiger partial charge on any atom is -0.491 e. The molecule has 2 aromatic rings. The van der Waals surface area contributed by atoms with E-state index in [0.717, 1.165) is 12.3 Å². The molecule has 0 spiro atoms. The van der Waals surface area contributed by atoms with E-state index in [1.165, 1.54) is 16.7 Å². The number of aryl methyl sites for hydroxylation is 1. The summed E-state index contributed by atoms with van der Waals surface area (Å²) in [4.78, 5) is 0. The van der Waals surface area contributed by atoms with E-state index in [1.807, 2.05) is 6.07 Å². The number of benzene rings is 1. The third-order valence-corrected chi connectivity index (χ3v) is 4.09. The van der Waals surface area contributed by atoms with Gasteiger partial charge in [-0.3, -0.25) is 0 Å². The second-order valence-corrected chi connectivity index (χ2v) is 5.95. The molecule has 0 radical (unpaired) electrons. The van der Waals surface area contributed by atoms with Gasteiger partial charge in [-0.25, -0.2) is 0 Å². The number of ether oxygens (including phenoxy) is 1. The van der Waals surface area contributed by atoms with E-state index in [2.05, 4.69) is 62.0 Å². The Balaban J connectivity index is 2.42. The van der Waals surface area contributed by atoms with Gasteiger partial charge in [-0.1, -0.05) is 25.1 Å². The molecule has 0 saturated carbocycles. The second kappa shape index (κ2) is 6.91. The Morgan fingerprint density at radius 2 is 1.90 bits per heavy atom. The lowest BCUT2D eigenvalue weighted by Gasteiger charge is -2.23. The molecule has 1 atom stereocenters. The summed E-state index contributed by atoms with van der Waals surface area (Å²) in [7, 11) is 0. The van der Waals surface area contributed by atoms with Crippen LogP contribution in [0.1, 0.15) is 43.5 Å². The molecule has 2 rings (SSSR count). The predicted octanol–water partition coefficient (Wildman–Crippen LogP) is 4.54. The highest BCUT2D eigenvalue weighted by Gasteiger charge is 2.19. The number of para-hydroxylation sites is 1. The first kappa shape index (κ1) is 15.1. The van der Waals surface area contributed by atoms with Crippen molar-refractivity contribution in [3.8, 4) is 5.75 Å². The van der Waals surface area contributed by atoms with Gasteiger partial charge in [0.2, 0.25) is 0 Å². The summed E-state index contributed by atoms with van der Waals surface area (Å²) in [6.45, 7) is 9.36. The summed E-state index contributed by atoms with van der Waals surface area (Å²) in [5.41, 5.74) is 3.89. The van der Waals surface area contributed by atoms with Crippen molar-refractivity contribution in [1.82, 2.24) is 5.32 Å². The molecule has 0 aliphatic heterocycles. The fourth-order valence-electron chi connectivity index (χ4n) is 2.34. The molecule has 0 amide bonds. The summed E-state index contributed by atoms with van der Waals surface area (Å²) in [6, 6.07) is 8.52. The van der Waals surface area contributed by atoms with Crippen molar-refractivity contribution < 1.29 is 4.74 Å². The van der Waals surface area contributed by atoms with Gasteiger partial charge >= 0.3 is 0 Å². The van der Waals surface area contributed by atoms with E-state index in [9.17, 15) is 0 Å². The number of hydrogen-bond acceptors (Lipinski definition) is 3. The first-order chi connectivity index (χ1) is 9.63. The summed E-state index contributed by atoms with van der Waals surface area (Å²) in [6.07, 6.45) is 0.182. The number of hydrogen-bond donors (Lipinski definition) is 1. The van der Waals surface area contributed by atoms with Gasteiger partial charge < -0.3 is 10.1 Å². The van der Waals surface area contributed by atoms with Gasteiger partial charge in [-0.15, -0.1) is 0 Å². The monoisotopic (exact) mass is 289 g/mol. The lowest BCUT2D eigenvalue weighted by Crippen LogP contribution is -2.23. The van der Waals surface area contributed by atoms with Crippen LogP contribution < -0.4 is 10.1 Å². The van der Waals surface area contributed by atoms with E-state index in [-0.39, 0.29) is 12.1 Å². The van der Waals surface area contributed by atoms with Crippen molar-refractivity contribution in [1.29, 1.82) is 0 Å². The molecule has 3 heteroatoms. The van der Waals surface area contributed by atoms with Crippen molar-refractivity contribution in [3.05, 3.63) is 51.7 Å². The highest BCUT2D eigenvalue weighted by Crippen LogP contribution is 2.33. The zero-order chi connectivity index (χ0) is 14.5. The van der Waals surface area contributed by atoms with Gasteiger partial charge in [0, 0.05) is 5.56 Å². The third-order valence-electron chi connectivity index (χ3n) is 3.21. The molecular weight excluding hydrogens is 266 g/mol. The zero-order valence-corrected chi connectivity index (χ0v) is 13.5. The molecule has 0 fully saturated rings. The van der Waals surface area contributed by atoms with Crippen LogP contribution in [0.2, 0.25) is 0 Å². The highest BCUT2D eigenvalue weighted by atomic mass is 32.1. The summed E-state index contributed by atoms with van der Waals surface area (Å²) >= 11 is 1.75. The van der Waals surface area contributed by atoms with Crippen LogP contribution >= 0.6 is 11.3 Å². The fourth-order valence-corrected chi connectivity index (χ4v) is 3.21. The average molecular weight is 289 g/mol. The molecule has 20 heavy (non-hydrogen) atoms. The van der Waals surface area contributed by atoms with Crippen LogP contribution in [0.4, 0.5) is 0 Å². The Kier molecular flexibility index (Phi) is 5.21. The van der Waals surface area contributed by atoms with Crippen molar-refractivity contribution in [2.45, 2.75) is 39.8 Å². The molecule has 1 aromatic carbocycles. The van der Waals surface area contributed by atoms with Gasteiger partial charge in [0.1, 0.15) is 5.75 Å². The standard InChI is InChI=1S/C17H23NOS/c1-5-18-17(15-11-20-10-13(15)4)14-8-6-7-9-16(14)19-12(2)3/h6-12,17-18H,5H2,1-4H3. The molecule has 0 aliphatic rings. The normalized spacial score (nSPS) is 12.7. The molecule has 2 nitrogen and oxygen atoms in total. The number of nitrogens with one attached hydrogen (secondary N) is 1. The summed E-state index contributed by atoms with van der Waals surface area (Å²) < 4.78 is 5.97. The quantitative estimate of drug-likeness (QED) is 0.843. The van der Waals surface area contributed by atoms with Crippen LogP contribution in [0.15, 0.2) is 35.0 Å². The van der Waals surface area contributed by atoms with Crippen LogP contribution in [-0.2, 0) is 0 Å². The van der Waals surface area contributed by atoms with Crippen LogP contribution in [0, 0.1) is 6.92 Å². The van der Waals surface area contributed by atoms with Gasteiger partial charge in [-0.2, -0.15) is 11.3 Å². The Morgan fingerprint density at radius 3 is 2.50 bits per heavy atom. The van der Waals surface area contributed by atoms with Gasteiger partial charge in [-0.05, 0) is 55.3 Å². The maximum absolute atomic E-state index is 5.97. The van der Waals surface area contributed by atoms with Crippen molar-refractivity contribution in [3.63, 3.8) is 0 Å². The smallest absolute Gasteiger partial charge is 0.124 e. The molecule has 1 unspecified atom stereocenters. The second-order valence-electron chi connectivity index (χ2n) is 5.21. The Bertz CT molecular complexity index is 547. The summed E-state index contributed by atoms with van der Waals surface area (Å²) in [5.74, 6) is 0.971. The molecule has 1 heterocycles. The SMILES string of the molecule is CCNC(c1cscc1C)c1ccccc1OC(C)C. The molecule has 1 N–H and O–H groups in total.